The van der Waals surface area contributed by atoms with Crippen LogP contribution in [0.5, 0.6) is 11.5 Å². The van der Waals surface area contributed by atoms with E-state index in [1.165, 1.54) is 12.1 Å². The third-order valence-corrected chi connectivity index (χ3v) is 3.47. The van der Waals surface area contributed by atoms with Gasteiger partial charge in [0.2, 0.25) is 0 Å². The van der Waals surface area contributed by atoms with Gasteiger partial charge in [0.05, 0.1) is 12.8 Å². The largest absolute Gasteiger partial charge is 0.467 e. The third-order valence-electron chi connectivity index (χ3n) is 3.47. The zero-order valence-corrected chi connectivity index (χ0v) is 13.1. The van der Waals surface area contributed by atoms with E-state index in [1.807, 2.05) is 6.07 Å². The number of nitrogens with zero attached hydrogens (tertiary/aromatic N) is 1. The van der Waals surface area contributed by atoms with Gasteiger partial charge in [-0.3, -0.25) is 4.79 Å². The highest BCUT2D eigenvalue weighted by molar-refractivity contribution is 5.94. The first kappa shape index (κ1) is 15.8. The molecule has 4 nitrogen and oxygen atoms in total. The van der Waals surface area contributed by atoms with E-state index in [-0.39, 0.29) is 11.7 Å². The van der Waals surface area contributed by atoms with Crippen molar-refractivity contribution in [2.45, 2.75) is 6.54 Å². The maximum atomic E-state index is 12.9. The second kappa shape index (κ2) is 7.00. The lowest BCUT2D eigenvalue weighted by atomic mass is 10.2. The van der Waals surface area contributed by atoms with Crippen LogP contribution in [0, 0.1) is 5.82 Å². The fraction of sp³-hybridized carbons (Fsp3) is 0.105. The lowest BCUT2D eigenvalue weighted by molar-refractivity contribution is 0.0775. The normalized spacial score (nSPS) is 10.4. The molecule has 3 aromatic rings. The van der Waals surface area contributed by atoms with E-state index >= 15 is 0 Å². The number of halogens is 1. The first-order valence-electron chi connectivity index (χ1n) is 7.43. The summed E-state index contributed by atoms with van der Waals surface area (Å²) in [4.78, 5) is 14.0. The van der Waals surface area contributed by atoms with Gasteiger partial charge in [-0.05, 0) is 60.7 Å². The predicted octanol–water partition coefficient (Wildman–Crippen LogP) is 4.48. The second-order valence-electron chi connectivity index (χ2n) is 5.32. The first-order chi connectivity index (χ1) is 11.6. The fourth-order valence-corrected chi connectivity index (χ4v) is 2.23. The van der Waals surface area contributed by atoms with Crippen molar-refractivity contribution in [2.24, 2.45) is 0 Å². The summed E-state index contributed by atoms with van der Waals surface area (Å²) >= 11 is 0. The van der Waals surface area contributed by atoms with Crippen LogP contribution in [-0.2, 0) is 6.54 Å². The van der Waals surface area contributed by atoms with Gasteiger partial charge in [0.15, 0.2) is 0 Å². The van der Waals surface area contributed by atoms with Crippen molar-refractivity contribution in [2.75, 3.05) is 7.05 Å². The summed E-state index contributed by atoms with van der Waals surface area (Å²) in [5.74, 6) is 1.40. The maximum Gasteiger partial charge on any atom is 0.254 e. The molecular weight excluding hydrogens is 309 g/mol. The molecule has 1 heterocycles. The van der Waals surface area contributed by atoms with Crippen molar-refractivity contribution in [3.8, 4) is 11.5 Å². The van der Waals surface area contributed by atoms with Crippen LogP contribution >= 0.6 is 0 Å². The van der Waals surface area contributed by atoms with Crippen LogP contribution in [0.25, 0.3) is 0 Å². The Balaban J connectivity index is 1.65. The van der Waals surface area contributed by atoms with Gasteiger partial charge < -0.3 is 14.1 Å². The van der Waals surface area contributed by atoms with Gasteiger partial charge in [-0.2, -0.15) is 0 Å². The Hall–Kier alpha value is -3.08. The van der Waals surface area contributed by atoms with Crippen LogP contribution in [0.4, 0.5) is 4.39 Å². The van der Waals surface area contributed by atoms with Crippen molar-refractivity contribution in [3.05, 3.63) is 84.1 Å². The predicted molar refractivity (Wildman–Crippen MR) is 87.4 cm³/mol. The fourth-order valence-electron chi connectivity index (χ4n) is 2.23. The molecule has 122 valence electrons. The molecule has 5 heteroatoms. The molecule has 0 atom stereocenters. The molecule has 0 N–H and O–H groups in total. The number of hydrogen-bond acceptors (Lipinski definition) is 3. The van der Waals surface area contributed by atoms with Gasteiger partial charge in [-0.25, -0.2) is 4.39 Å². The quantitative estimate of drug-likeness (QED) is 0.694. The Kier molecular flexibility index (Phi) is 4.61. The summed E-state index contributed by atoms with van der Waals surface area (Å²) in [5.41, 5.74) is 0.551. The number of benzene rings is 2. The van der Waals surface area contributed by atoms with Crippen LogP contribution in [0.3, 0.4) is 0 Å². The minimum atomic E-state index is -0.317. The Bertz CT molecular complexity index is 796. The van der Waals surface area contributed by atoms with Gasteiger partial charge in [0, 0.05) is 12.6 Å². The van der Waals surface area contributed by atoms with Crippen LogP contribution in [0.1, 0.15) is 16.1 Å². The van der Waals surface area contributed by atoms with Crippen molar-refractivity contribution < 1.29 is 18.3 Å². The lowest BCUT2D eigenvalue weighted by Gasteiger charge is -2.16. The van der Waals surface area contributed by atoms with Crippen LogP contribution < -0.4 is 4.74 Å². The highest BCUT2D eigenvalue weighted by Gasteiger charge is 2.13. The van der Waals surface area contributed by atoms with Gasteiger partial charge in [0.1, 0.15) is 23.1 Å². The molecule has 0 saturated heterocycles. The molecule has 0 bridgehead atoms. The minimum absolute atomic E-state index is 0.111. The molecule has 0 spiro atoms. The van der Waals surface area contributed by atoms with Gasteiger partial charge in [-0.15, -0.1) is 0 Å². The SMILES string of the molecule is CN(Cc1ccco1)C(=O)c1ccc(Oc2ccc(F)cc2)cc1. The first-order valence-corrected chi connectivity index (χ1v) is 7.43. The molecule has 2 aromatic carbocycles. The van der Waals surface area contributed by atoms with Crippen molar-refractivity contribution in [1.29, 1.82) is 0 Å². The Labute approximate surface area is 139 Å². The molecule has 1 amide bonds. The average Bonchev–Trinajstić information content (AvgIpc) is 3.10. The van der Waals surface area contributed by atoms with E-state index in [0.29, 0.717) is 23.6 Å². The van der Waals surface area contributed by atoms with Crippen LogP contribution in [0.2, 0.25) is 0 Å². The number of rotatable bonds is 5. The number of ether oxygens (including phenoxy) is 1. The highest BCUT2D eigenvalue weighted by Crippen LogP contribution is 2.22. The molecule has 0 saturated carbocycles. The number of furan rings is 1. The molecule has 0 aliphatic rings. The topological polar surface area (TPSA) is 42.7 Å². The van der Waals surface area contributed by atoms with Crippen LogP contribution in [0.15, 0.2) is 71.3 Å². The Morgan fingerprint density at radius 3 is 2.25 bits per heavy atom. The standard InChI is InChI=1S/C19H16FNO3/c1-21(13-18-3-2-12-23-18)19(22)14-4-8-16(9-5-14)24-17-10-6-15(20)7-11-17/h2-12H,13H2,1H3. The Morgan fingerprint density at radius 2 is 1.67 bits per heavy atom. The summed E-state index contributed by atoms with van der Waals surface area (Å²) in [5, 5.41) is 0. The molecule has 1 aromatic heterocycles. The van der Waals surface area contributed by atoms with Gasteiger partial charge in [-0.1, -0.05) is 0 Å². The smallest absolute Gasteiger partial charge is 0.254 e. The van der Waals surface area contributed by atoms with Gasteiger partial charge in [0.25, 0.3) is 5.91 Å². The minimum Gasteiger partial charge on any atom is -0.467 e. The van der Waals surface area contributed by atoms with Crippen molar-refractivity contribution >= 4 is 5.91 Å². The molecule has 24 heavy (non-hydrogen) atoms. The lowest BCUT2D eigenvalue weighted by Crippen LogP contribution is -2.25. The number of amides is 1. The molecule has 0 aliphatic carbocycles. The third kappa shape index (κ3) is 3.81. The maximum absolute atomic E-state index is 12.9. The number of carbonyl (C=O) groups is 1. The molecule has 0 fully saturated rings. The number of hydrogen-bond donors (Lipinski definition) is 0. The zero-order chi connectivity index (χ0) is 16.9. The monoisotopic (exact) mass is 325 g/mol. The van der Waals surface area contributed by atoms with E-state index in [1.54, 1.807) is 60.7 Å². The number of carbonyl (C=O) groups excluding carboxylic acids is 1. The average molecular weight is 325 g/mol. The Morgan fingerprint density at radius 1 is 1.04 bits per heavy atom. The van der Waals surface area contributed by atoms with Crippen LogP contribution in [-0.4, -0.2) is 17.9 Å². The van der Waals surface area contributed by atoms with E-state index in [4.69, 9.17) is 9.15 Å². The highest BCUT2D eigenvalue weighted by atomic mass is 19.1. The summed E-state index contributed by atoms with van der Waals surface area (Å²) in [7, 11) is 1.72. The van der Waals surface area contributed by atoms with E-state index in [0.717, 1.165) is 5.76 Å². The van der Waals surface area contributed by atoms with E-state index in [9.17, 15) is 9.18 Å². The second-order valence-corrected chi connectivity index (χ2v) is 5.32. The molecule has 3 rings (SSSR count). The summed E-state index contributed by atoms with van der Waals surface area (Å²) in [6.07, 6.45) is 1.58. The summed E-state index contributed by atoms with van der Waals surface area (Å²) in [6.45, 7) is 0.402. The molecule has 0 aliphatic heterocycles. The van der Waals surface area contributed by atoms with Gasteiger partial charge >= 0.3 is 0 Å². The van der Waals surface area contributed by atoms with E-state index < -0.39 is 0 Å². The summed E-state index contributed by atoms with van der Waals surface area (Å²) < 4.78 is 23.7. The molecule has 0 unspecified atom stereocenters. The van der Waals surface area contributed by atoms with Crippen molar-refractivity contribution in [3.63, 3.8) is 0 Å². The van der Waals surface area contributed by atoms with E-state index in [2.05, 4.69) is 0 Å². The molecule has 0 radical (unpaired) electrons. The molecular formula is C19H16FNO3. The zero-order valence-electron chi connectivity index (χ0n) is 13.1. The van der Waals surface area contributed by atoms with Crippen molar-refractivity contribution in [1.82, 2.24) is 4.90 Å². The summed E-state index contributed by atoms with van der Waals surface area (Å²) in [6, 6.07) is 16.2.